The fraction of sp³-hybridized carbons (Fsp3) is 0.150. The predicted octanol–water partition coefficient (Wildman–Crippen LogP) is 3.38. The molecule has 1 aliphatic heterocycles. The number of benzene rings is 2. The summed E-state index contributed by atoms with van der Waals surface area (Å²) in [7, 11) is 1.61. The monoisotopic (exact) mass is 395 g/mol. The first-order chi connectivity index (χ1) is 13.5. The smallest absolute Gasteiger partial charge is 0.248 e. The van der Waals surface area contributed by atoms with Crippen molar-refractivity contribution in [1.29, 1.82) is 0 Å². The zero-order valence-corrected chi connectivity index (χ0v) is 16.1. The quantitative estimate of drug-likeness (QED) is 0.706. The van der Waals surface area contributed by atoms with Crippen LogP contribution in [0.4, 0.5) is 5.95 Å². The average Bonchev–Trinajstić information content (AvgIpc) is 3.11. The molecule has 0 aliphatic carbocycles. The van der Waals surface area contributed by atoms with Gasteiger partial charge in [0.2, 0.25) is 11.9 Å². The SMILES string of the molecule is COc1ccc(-c2nc3n(n2)[C@H](c2ccc(Cl)cc2)C(C(N)=O)=C(C)N3)cc1. The minimum absolute atomic E-state index is 0.431. The third-order valence-corrected chi connectivity index (χ3v) is 4.90. The molecule has 1 amide bonds. The van der Waals surface area contributed by atoms with Crippen molar-refractivity contribution >= 4 is 23.5 Å². The molecule has 0 bridgehead atoms. The number of fused-ring (bicyclic) bond motifs is 1. The highest BCUT2D eigenvalue weighted by atomic mass is 35.5. The van der Waals surface area contributed by atoms with Gasteiger partial charge in [-0.1, -0.05) is 23.7 Å². The Bertz CT molecular complexity index is 1070. The molecular formula is C20H18ClN5O2. The number of ether oxygens (including phenoxy) is 1. The van der Waals surface area contributed by atoms with Crippen LogP contribution in [0.3, 0.4) is 0 Å². The number of rotatable bonds is 4. The van der Waals surface area contributed by atoms with E-state index in [1.807, 2.05) is 36.4 Å². The van der Waals surface area contributed by atoms with E-state index in [1.54, 1.807) is 30.8 Å². The van der Waals surface area contributed by atoms with E-state index in [2.05, 4.69) is 15.4 Å². The number of carbonyl (C=O) groups is 1. The second-order valence-corrected chi connectivity index (χ2v) is 6.85. The standard InChI is InChI=1S/C20H18ClN5O2/c1-11-16(18(22)27)17(12-3-7-14(21)8-4-12)26-20(23-11)24-19(25-26)13-5-9-15(28-2)10-6-13/h3-10,17H,1-2H3,(H2,22,27)(H,23,24,25)/t17-/m1/s1. The fourth-order valence-electron chi connectivity index (χ4n) is 3.29. The number of anilines is 1. The summed E-state index contributed by atoms with van der Waals surface area (Å²) in [4.78, 5) is 16.8. The van der Waals surface area contributed by atoms with Crippen LogP contribution in [0.5, 0.6) is 5.75 Å². The summed E-state index contributed by atoms with van der Waals surface area (Å²) in [5, 5.41) is 8.39. The molecule has 0 saturated carbocycles. The highest BCUT2D eigenvalue weighted by Crippen LogP contribution is 2.36. The van der Waals surface area contributed by atoms with Gasteiger partial charge in [0.05, 0.1) is 12.7 Å². The van der Waals surface area contributed by atoms with Gasteiger partial charge in [-0.15, -0.1) is 5.10 Å². The van der Waals surface area contributed by atoms with E-state index < -0.39 is 11.9 Å². The van der Waals surface area contributed by atoms with Gasteiger partial charge in [0.15, 0.2) is 5.82 Å². The number of halogens is 1. The Hall–Kier alpha value is -3.32. The van der Waals surface area contributed by atoms with E-state index in [9.17, 15) is 4.79 Å². The second kappa shape index (κ2) is 7.01. The van der Waals surface area contributed by atoms with Gasteiger partial charge in [-0.3, -0.25) is 4.79 Å². The van der Waals surface area contributed by atoms with Crippen molar-refractivity contribution in [3.8, 4) is 17.1 Å². The lowest BCUT2D eigenvalue weighted by Gasteiger charge is -2.27. The van der Waals surface area contributed by atoms with Crippen molar-refractivity contribution in [2.75, 3.05) is 12.4 Å². The highest BCUT2D eigenvalue weighted by molar-refractivity contribution is 6.30. The summed E-state index contributed by atoms with van der Waals surface area (Å²) in [6, 6.07) is 14.2. The summed E-state index contributed by atoms with van der Waals surface area (Å²) in [6.07, 6.45) is 0. The van der Waals surface area contributed by atoms with Crippen LogP contribution >= 0.6 is 11.6 Å². The first kappa shape index (κ1) is 18.1. The molecule has 1 aliphatic rings. The molecule has 0 radical (unpaired) electrons. The molecule has 0 spiro atoms. The Morgan fingerprint density at radius 3 is 2.46 bits per heavy atom. The topological polar surface area (TPSA) is 95.1 Å². The highest BCUT2D eigenvalue weighted by Gasteiger charge is 2.33. The maximum Gasteiger partial charge on any atom is 0.248 e. The number of hydrogen-bond acceptors (Lipinski definition) is 5. The molecule has 1 aromatic heterocycles. The van der Waals surface area contributed by atoms with E-state index >= 15 is 0 Å². The normalized spacial score (nSPS) is 15.8. The number of nitrogens with zero attached hydrogens (tertiary/aromatic N) is 3. The zero-order valence-electron chi connectivity index (χ0n) is 15.3. The molecular weight excluding hydrogens is 378 g/mol. The molecule has 3 aromatic rings. The summed E-state index contributed by atoms with van der Waals surface area (Å²) >= 11 is 6.03. The molecule has 8 heteroatoms. The number of allylic oxidation sites excluding steroid dienone is 1. The Morgan fingerprint density at radius 2 is 1.86 bits per heavy atom. The van der Waals surface area contributed by atoms with Crippen LogP contribution in [0.2, 0.25) is 5.02 Å². The lowest BCUT2D eigenvalue weighted by Crippen LogP contribution is -2.31. The van der Waals surface area contributed by atoms with Crippen LogP contribution in [0.15, 0.2) is 59.8 Å². The van der Waals surface area contributed by atoms with Crippen molar-refractivity contribution in [3.63, 3.8) is 0 Å². The molecule has 3 N–H and O–H groups in total. The van der Waals surface area contributed by atoms with Crippen LogP contribution in [0.1, 0.15) is 18.5 Å². The van der Waals surface area contributed by atoms with Crippen LogP contribution in [0.25, 0.3) is 11.4 Å². The van der Waals surface area contributed by atoms with Gasteiger partial charge in [0, 0.05) is 16.3 Å². The van der Waals surface area contributed by atoms with Gasteiger partial charge in [-0.2, -0.15) is 4.98 Å². The van der Waals surface area contributed by atoms with Crippen molar-refractivity contribution in [2.24, 2.45) is 5.73 Å². The van der Waals surface area contributed by atoms with E-state index in [0.717, 1.165) is 16.9 Å². The summed E-state index contributed by atoms with van der Waals surface area (Å²) in [5.41, 5.74) is 8.43. The molecule has 28 heavy (non-hydrogen) atoms. The molecule has 1 atom stereocenters. The molecule has 4 rings (SSSR count). The number of aromatic nitrogens is 3. The summed E-state index contributed by atoms with van der Waals surface area (Å²) < 4.78 is 6.87. The molecule has 2 heterocycles. The Kier molecular flexibility index (Phi) is 4.52. The maximum atomic E-state index is 12.2. The number of carbonyl (C=O) groups excluding carboxylic acids is 1. The number of methoxy groups -OCH3 is 1. The summed E-state index contributed by atoms with van der Waals surface area (Å²) in [5.74, 6) is 1.30. The third-order valence-electron chi connectivity index (χ3n) is 4.65. The number of nitrogens with two attached hydrogens (primary N) is 1. The summed E-state index contributed by atoms with van der Waals surface area (Å²) in [6.45, 7) is 1.80. The Labute approximate surface area is 166 Å². The van der Waals surface area contributed by atoms with Crippen LogP contribution in [-0.2, 0) is 4.79 Å². The van der Waals surface area contributed by atoms with E-state index in [1.165, 1.54) is 0 Å². The largest absolute Gasteiger partial charge is 0.497 e. The average molecular weight is 396 g/mol. The van der Waals surface area contributed by atoms with Crippen LogP contribution in [0, 0.1) is 0 Å². The molecule has 142 valence electrons. The van der Waals surface area contributed by atoms with Gasteiger partial charge >= 0.3 is 0 Å². The molecule has 2 aromatic carbocycles. The third kappa shape index (κ3) is 3.10. The van der Waals surface area contributed by atoms with E-state index in [-0.39, 0.29) is 0 Å². The molecule has 0 saturated heterocycles. The van der Waals surface area contributed by atoms with Gasteiger partial charge in [-0.25, -0.2) is 4.68 Å². The molecule has 0 fully saturated rings. The van der Waals surface area contributed by atoms with E-state index in [0.29, 0.717) is 28.1 Å². The lowest BCUT2D eigenvalue weighted by molar-refractivity contribution is -0.115. The Morgan fingerprint density at radius 1 is 1.18 bits per heavy atom. The second-order valence-electron chi connectivity index (χ2n) is 6.41. The Balaban J connectivity index is 1.83. The first-order valence-electron chi connectivity index (χ1n) is 8.62. The predicted molar refractivity (Wildman–Crippen MR) is 107 cm³/mol. The lowest BCUT2D eigenvalue weighted by atomic mass is 9.95. The van der Waals surface area contributed by atoms with Crippen molar-refractivity contribution in [1.82, 2.24) is 14.8 Å². The van der Waals surface area contributed by atoms with Gasteiger partial charge in [-0.05, 0) is 48.9 Å². The van der Waals surface area contributed by atoms with Gasteiger partial charge < -0.3 is 15.8 Å². The number of primary amides is 1. The van der Waals surface area contributed by atoms with Crippen LogP contribution < -0.4 is 15.8 Å². The van der Waals surface area contributed by atoms with E-state index in [4.69, 9.17) is 22.1 Å². The molecule has 0 unspecified atom stereocenters. The number of amides is 1. The maximum absolute atomic E-state index is 12.2. The zero-order chi connectivity index (χ0) is 19.8. The van der Waals surface area contributed by atoms with Gasteiger partial charge in [0.1, 0.15) is 11.8 Å². The fourth-order valence-corrected chi connectivity index (χ4v) is 3.41. The van der Waals surface area contributed by atoms with Crippen molar-refractivity contribution in [2.45, 2.75) is 13.0 Å². The number of nitrogens with one attached hydrogen (secondary N) is 1. The van der Waals surface area contributed by atoms with Crippen LogP contribution in [-0.4, -0.2) is 27.8 Å². The van der Waals surface area contributed by atoms with Gasteiger partial charge in [0.25, 0.3) is 0 Å². The minimum Gasteiger partial charge on any atom is -0.497 e. The minimum atomic E-state index is -0.517. The van der Waals surface area contributed by atoms with Crippen molar-refractivity contribution in [3.05, 3.63) is 70.4 Å². The molecule has 7 nitrogen and oxygen atoms in total. The first-order valence-corrected chi connectivity index (χ1v) is 8.99. The number of hydrogen-bond donors (Lipinski definition) is 2. The van der Waals surface area contributed by atoms with Crippen molar-refractivity contribution < 1.29 is 9.53 Å².